The first-order chi connectivity index (χ1) is 7.90. The maximum absolute atomic E-state index is 4.39. The van der Waals surface area contributed by atoms with Gasteiger partial charge in [0.15, 0.2) is 0 Å². The van der Waals surface area contributed by atoms with Gasteiger partial charge in [0, 0.05) is 22.9 Å². The highest BCUT2D eigenvalue weighted by Gasteiger charge is 2.24. The monoisotopic (exact) mass is 256 g/mol. The Morgan fingerprint density at radius 3 is 3.06 bits per heavy atom. The van der Waals surface area contributed by atoms with Gasteiger partial charge in [0.25, 0.3) is 0 Å². The van der Waals surface area contributed by atoms with Crippen LogP contribution in [-0.4, -0.2) is 22.8 Å². The predicted octanol–water partition coefficient (Wildman–Crippen LogP) is 3.55. The molecule has 4 heteroatoms. The number of nitrogens with one attached hydrogen (secondary N) is 1. The summed E-state index contributed by atoms with van der Waals surface area (Å²) in [5.74, 6) is 0. The van der Waals surface area contributed by atoms with Crippen molar-refractivity contribution < 1.29 is 0 Å². The molecule has 0 saturated heterocycles. The third kappa shape index (κ3) is 3.47. The average Bonchev–Trinajstić information content (AvgIpc) is 2.69. The second kappa shape index (κ2) is 6.62. The van der Waals surface area contributed by atoms with E-state index in [0.717, 1.165) is 6.54 Å². The lowest BCUT2D eigenvalue weighted by atomic mass is 10.1. The van der Waals surface area contributed by atoms with Crippen molar-refractivity contribution in [3.8, 4) is 0 Å². The van der Waals surface area contributed by atoms with Crippen LogP contribution in [-0.2, 0) is 0 Å². The molecule has 1 N–H and O–H groups in total. The van der Waals surface area contributed by atoms with Gasteiger partial charge in [0.2, 0.25) is 0 Å². The molecule has 1 aromatic rings. The van der Waals surface area contributed by atoms with Crippen LogP contribution in [0, 0.1) is 0 Å². The zero-order valence-electron chi connectivity index (χ0n) is 9.82. The molecule has 0 aromatic carbocycles. The quantitative estimate of drug-likeness (QED) is 0.834. The molecule has 2 unspecified atom stereocenters. The summed E-state index contributed by atoms with van der Waals surface area (Å²) in [6.07, 6.45) is 8.74. The van der Waals surface area contributed by atoms with E-state index in [-0.39, 0.29) is 0 Å². The maximum Gasteiger partial charge on any atom is 0.150 e. The molecule has 1 aliphatic rings. The van der Waals surface area contributed by atoms with Crippen LogP contribution in [0.2, 0.25) is 0 Å². The Hall–Kier alpha value is -0.0600. The molecule has 1 fully saturated rings. The summed E-state index contributed by atoms with van der Waals surface area (Å²) in [7, 11) is 0. The number of aromatic nitrogens is 1. The zero-order valence-corrected chi connectivity index (χ0v) is 11.4. The highest BCUT2D eigenvalue weighted by atomic mass is 32.2. The van der Waals surface area contributed by atoms with Crippen LogP contribution in [0.4, 0.5) is 0 Å². The van der Waals surface area contributed by atoms with Gasteiger partial charge in [0.05, 0.1) is 0 Å². The van der Waals surface area contributed by atoms with E-state index in [0.29, 0.717) is 11.3 Å². The Kier molecular flexibility index (Phi) is 5.13. The molecule has 2 rings (SSSR count). The lowest BCUT2D eigenvalue weighted by molar-refractivity contribution is 0.482. The minimum absolute atomic E-state index is 0.682. The number of hydrogen-bond acceptors (Lipinski definition) is 4. The Morgan fingerprint density at radius 1 is 1.44 bits per heavy atom. The third-order valence-corrected chi connectivity index (χ3v) is 5.40. The zero-order chi connectivity index (χ0) is 11.2. The Labute approximate surface area is 106 Å². The van der Waals surface area contributed by atoms with Gasteiger partial charge in [-0.15, -0.1) is 11.3 Å². The van der Waals surface area contributed by atoms with Crippen molar-refractivity contribution in [1.82, 2.24) is 10.3 Å². The standard InChI is InChI=1S/C12H20N2S2/c1-2-13-10-6-4-3-5-7-11(10)16-12-14-8-9-15-12/h8-11,13H,2-7H2,1H3. The van der Waals surface area contributed by atoms with Crippen molar-refractivity contribution >= 4 is 23.1 Å². The van der Waals surface area contributed by atoms with Crippen molar-refractivity contribution in [2.24, 2.45) is 0 Å². The van der Waals surface area contributed by atoms with E-state index in [1.165, 1.54) is 36.4 Å². The molecule has 2 atom stereocenters. The maximum atomic E-state index is 4.39. The number of thiazole rings is 1. The summed E-state index contributed by atoms with van der Waals surface area (Å²) in [6, 6.07) is 0.682. The van der Waals surface area contributed by atoms with Crippen molar-refractivity contribution in [2.45, 2.75) is 54.7 Å². The van der Waals surface area contributed by atoms with Gasteiger partial charge in [-0.3, -0.25) is 0 Å². The van der Waals surface area contributed by atoms with E-state index in [2.05, 4.69) is 22.6 Å². The van der Waals surface area contributed by atoms with E-state index in [1.807, 2.05) is 18.0 Å². The Bertz CT molecular complexity index is 287. The first kappa shape index (κ1) is 12.4. The van der Waals surface area contributed by atoms with Gasteiger partial charge >= 0.3 is 0 Å². The second-order valence-corrected chi connectivity index (χ2v) is 6.64. The molecule has 1 aromatic heterocycles. The number of thioether (sulfide) groups is 1. The molecule has 0 bridgehead atoms. The van der Waals surface area contributed by atoms with Crippen LogP contribution in [0.5, 0.6) is 0 Å². The lowest BCUT2D eigenvalue weighted by Gasteiger charge is -2.24. The molecule has 16 heavy (non-hydrogen) atoms. The molecular formula is C12H20N2S2. The largest absolute Gasteiger partial charge is 0.313 e. The summed E-state index contributed by atoms with van der Waals surface area (Å²) in [5, 5.41) is 6.43. The van der Waals surface area contributed by atoms with Crippen molar-refractivity contribution in [3.63, 3.8) is 0 Å². The molecule has 1 saturated carbocycles. The smallest absolute Gasteiger partial charge is 0.150 e. The fourth-order valence-corrected chi connectivity index (χ4v) is 4.49. The number of rotatable bonds is 4. The SMILES string of the molecule is CCNC1CCCCCC1Sc1nccs1. The van der Waals surface area contributed by atoms with E-state index < -0.39 is 0 Å². The summed E-state index contributed by atoms with van der Waals surface area (Å²) in [5.41, 5.74) is 0. The summed E-state index contributed by atoms with van der Waals surface area (Å²) < 4.78 is 1.23. The minimum Gasteiger partial charge on any atom is -0.313 e. The van der Waals surface area contributed by atoms with Crippen LogP contribution >= 0.6 is 23.1 Å². The van der Waals surface area contributed by atoms with E-state index in [4.69, 9.17) is 0 Å². The Morgan fingerprint density at radius 2 is 2.31 bits per heavy atom. The molecule has 90 valence electrons. The molecule has 0 radical (unpaired) electrons. The molecule has 0 amide bonds. The van der Waals surface area contributed by atoms with Crippen LogP contribution in [0.1, 0.15) is 39.0 Å². The predicted molar refractivity (Wildman–Crippen MR) is 72.3 cm³/mol. The lowest BCUT2D eigenvalue weighted by Crippen LogP contribution is -2.37. The van der Waals surface area contributed by atoms with Crippen LogP contribution in [0.3, 0.4) is 0 Å². The minimum atomic E-state index is 0.682. The third-order valence-electron chi connectivity index (χ3n) is 3.08. The molecule has 1 aliphatic carbocycles. The van der Waals surface area contributed by atoms with Crippen molar-refractivity contribution in [1.29, 1.82) is 0 Å². The van der Waals surface area contributed by atoms with E-state index >= 15 is 0 Å². The van der Waals surface area contributed by atoms with Crippen molar-refractivity contribution in [2.75, 3.05) is 6.54 Å². The highest BCUT2D eigenvalue weighted by Crippen LogP contribution is 2.33. The van der Waals surface area contributed by atoms with E-state index in [1.54, 1.807) is 11.3 Å². The average molecular weight is 256 g/mol. The van der Waals surface area contributed by atoms with Gasteiger partial charge in [-0.05, 0) is 19.4 Å². The second-order valence-electron chi connectivity index (χ2n) is 4.26. The van der Waals surface area contributed by atoms with Gasteiger partial charge in [-0.2, -0.15) is 0 Å². The van der Waals surface area contributed by atoms with E-state index in [9.17, 15) is 0 Å². The normalized spacial score (nSPS) is 26.6. The Balaban J connectivity index is 1.96. The summed E-state index contributed by atoms with van der Waals surface area (Å²) in [6.45, 7) is 3.29. The first-order valence-corrected chi connectivity index (χ1v) is 7.95. The fraction of sp³-hybridized carbons (Fsp3) is 0.750. The highest BCUT2D eigenvalue weighted by molar-refractivity contribution is 8.01. The fourth-order valence-electron chi connectivity index (χ4n) is 2.31. The van der Waals surface area contributed by atoms with Crippen LogP contribution in [0.25, 0.3) is 0 Å². The molecule has 0 aliphatic heterocycles. The molecular weight excluding hydrogens is 236 g/mol. The van der Waals surface area contributed by atoms with Crippen LogP contribution in [0.15, 0.2) is 15.9 Å². The van der Waals surface area contributed by atoms with Gasteiger partial charge in [0.1, 0.15) is 4.34 Å². The van der Waals surface area contributed by atoms with Crippen LogP contribution < -0.4 is 5.32 Å². The summed E-state index contributed by atoms with van der Waals surface area (Å²) >= 11 is 3.75. The van der Waals surface area contributed by atoms with Gasteiger partial charge < -0.3 is 5.32 Å². The molecule has 0 spiro atoms. The first-order valence-electron chi connectivity index (χ1n) is 6.19. The van der Waals surface area contributed by atoms with Gasteiger partial charge in [-0.1, -0.05) is 37.9 Å². The van der Waals surface area contributed by atoms with Gasteiger partial charge in [-0.25, -0.2) is 4.98 Å². The molecule has 2 nitrogen and oxygen atoms in total. The van der Waals surface area contributed by atoms with Crippen molar-refractivity contribution in [3.05, 3.63) is 11.6 Å². The number of nitrogens with zero attached hydrogens (tertiary/aromatic N) is 1. The summed E-state index contributed by atoms with van der Waals surface area (Å²) in [4.78, 5) is 4.39. The molecule has 1 heterocycles. The topological polar surface area (TPSA) is 24.9 Å². The number of hydrogen-bond donors (Lipinski definition) is 1.